The van der Waals surface area contributed by atoms with Crippen LogP contribution < -0.4 is 9.64 Å². The number of aromatic nitrogens is 1. The highest BCUT2D eigenvalue weighted by atomic mass is 19.4. The van der Waals surface area contributed by atoms with Crippen LogP contribution in [0.25, 0.3) is 0 Å². The van der Waals surface area contributed by atoms with E-state index in [0.717, 1.165) is 6.20 Å². The first-order valence-corrected chi connectivity index (χ1v) is 7.73. The minimum atomic E-state index is -4.73. The van der Waals surface area contributed by atoms with Gasteiger partial charge < -0.3 is 14.5 Å². The van der Waals surface area contributed by atoms with Gasteiger partial charge >= 0.3 is 6.36 Å². The SMILES string of the molecule is O=C(c1ccccc1)N1CCN(c2ccc(OC(F)(F)F)cn2)CC1. The highest BCUT2D eigenvalue weighted by Crippen LogP contribution is 2.24. The summed E-state index contributed by atoms with van der Waals surface area (Å²) in [5, 5.41) is 0. The number of ether oxygens (including phenoxy) is 1. The average Bonchev–Trinajstić information content (AvgIpc) is 2.61. The van der Waals surface area contributed by atoms with Gasteiger partial charge in [-0.25, -0.2) is 4.98 Å². The molecular weight excluding hydrogens is 335 g/mol. The molecule has 1 aromatic carbocycles. The van der Waals surface area contributed by atoms with Crippen LogP contribution in [0.3, 0.4) is 0 Å². The lowest BCUT2D eigenvalue weighted by Crippen LogP contribution is -2.49. The van der Waals surface area contributed by atoms with Gasteiger partial charge in [-0.05, 0) is 24.3 Å². The molecule has 0 bridgehead atoms. The van der Waals surface area contributed by atoms with Gasteiger partial charge in [0.2, 0.25) is 0 Å². The predicted molar refractivity (Wildman–Crippen MR) is 85.5 cm³/mol. The first-order chi connectivity index (χ1) is 11.9. The van der Waals surface area contributed by atoms with Gasteiger partial charge in [0.1, 0.15) is 11.6 Å². The molecule has 2 heterocycles. The van der Waals surface area contributed by atoms with Crippen molar-refractivity contribution in [2.75, 3.05) is 31.1 Å². The molecule has 0 aliphatic carbocycles. The van der Waals surface area contributed by atoms with Crippen LogP contribution >= 0.6 is 0 Å². The van der Waals surface area contributed by atoms with Crippen LogP contribution in [0.1, 0.15) is 10.4 Å². The van der Waals surface area contributed by atoms with E-state index in [1.807, 2.05) is 23.1 Å². The molecular formula is C17H16F3N3O2. The number of rotatable bonds is 3. The summed E-state index contributed by atoms with van der Waals surface area (Å²) in [6, 6.07) is 11.8. The molecule has 3 rings (SSSR count). The summed E-state index contributed by atoms with van der Waals surface area (Å²) in [7, 11) is 0. The first-order valence-electron chi connectivity index (χ1n) is 7.73. The Balaban J connectivity index is 1.58. The standard InChI is InChI=1S/C17H16F3N3O2/c18-17(19,20)25-14-6-7-15(21-12-14)22-8-10-23(11-9-22)16(24)13-4-2-1-3-5-13/h1-7,12H,8-11H2. The predicted octanol–water partition coefficient (Wildman–Crippen LogP) is 2.94. The van der Waals surface area contributed by atoms with Crippen LogP contribution in [0.15, 0.2) is 48.7 Å². The second kappa shape index (κ2) is 7.00. The van der Waals surface area contributed by atoms with Crippen LogP contribution in [0.2, 0.25) is 0 Å². The lowest BCUT2D eigenvalue weighted by atomic mass is 10.2. The van der Waals surface area contributed by atoms with Crippen LogP contribution in [-0.4, -0.2) is 48.3 Å². The molecule has 0 N–H and O–H groups in total. The van der Waals surface area contributed by atoms with E-state index in [0.29, 0.717) is 37.6 Å². The van der Waals surface area contributed by atoms with E-state index in [1.54, 1.807) is 17.0 Å². The van der Waals surface area contributed by atoms with Crippen molar-refractivity contribution in [2.24, 2.45) is 0 Å². The molecule has 5 nitrogen and oxygen atoms in total. The van der Waals surface area contributed by atoms with Crippen LogP contribution in [0, 0.1) is 0 Å². The number of benzene rings is 1. The van der Waals surface area contributed by atoms with E-state index in [4.69, 9.17) is 0 Å². The molecule has 1 fully saturated rings. The maximum absolute atomic E-state index is 12.4. The Bertz CT molecular complexity index is 712. The molecule has 1 saturated heterocycles. The van der Waals surface area contributed by atoms with Crippen LogP contribution in [0.4, 0.5) is 19.0 Å². The summed E-state index contributed by atoms with van der Waals surface area (Å²) in [5.41, 5.74) is 0.641. The van der Waals surface area contributed by atoms with Crippen molar-refractivity contribution in [1.82, 2.24) is 9.88 Å². The van der Waals surface area contributed by atoms with Crippen molar-refractivity contribution < 1.29 is 22.7 Å². The largest absolute Gasteiger partial charge is 0.573 e. The molecule has 0 unspecified atom stereocenters. The number of carbonyl (C=O) groups is 1. The van der Waals surface area contributed by atoms with E-state index in [2.05, 4.69) is 9.72 Å². The lowest BCUT2D eigenvalue weighted by molar-refractivity contribution is -0.274. The zero-order chi connectivity index (χ0) is 17.9. The monoisotopic (exact) mass is 351 g/mol. The number of carbonyl (C=O) groups excluding carboxylic acids is 1. The van der Waals surface area contributed by atoms with Gasteiger partial charge in [-0.15, -0.1) is 13.2 Å². The Morgan fingerprint density at radius 1 is 1.00 bits per heavy atom. The molecule has 2 aromatic rings. The molecule has 25 heavy (non-hydrogen) atoms. The smallest absolute Gasteiger partial charge is 0.404 e. The van der Waals surface area contributed by atoms with E-state index in [9.17, 15) is 18.0 Å². The summed E-state index contributed by atoms with van der Waals surface area (Å²) in [5.74, 6) is 0.178. The molecule has 8 heteroatoms. The number of hydrogen-bond donors (Lipinski definition) is 0. The Morgan fingerprint density at radius 3 is 2.24 bits per heavy atom. The number of pyridine rings is 1. The molecule has 132 valence electrons. The van der Waals surface area contributed by atoms with Crippen molar-refractivity contribution in [3.63, 3.8) is 0 Å². The van der Waals surface area contributed by atoms with Crippen LogP contribution in [0.5, 0.6) is 5.75 Å². The second-order valence-electron chi connectivity index (χ2n) is 5.55. The van der Waals surface area contributed by atoms with E-state index in [-0.39, 0.29) is 11.7 Å². The van der Waals surface area contributed by atoms with Gasteiger partial charge in [0, 0.05) is 31.7 Å². The summed E-state index contributed by atoms with van der Waals surface area (Å²) < 4.78 is 40.3. The van der Waals surface area contributed by atoms with Crippen molar-refractivity contribution in [1.29, 1.82) is 0 Å². The third kappa shape index (κ3) is 4.40. The molecule has 0 saturated carbocycles. The summed E-state index contributed by atoms with van der Waals surface area (Å²) in [4.78, 5) is 20.1. The summed E-state index contributed by atoms with van der Waals surface area (Å²) in [6.45, 7) is 2.17. The summed E-state index contributed by atoms with van der Waals surface area (Å²) >= 11 is 0. The quantitative estimate of drug-likeness (QED) is 0.853. The average molecular weight is 351 g/mol. The third-order valence-electron chi connectivity index (χ3n) is 3.87. The van der Waals surface area contributed by atoms with Gasteiger partial charge in [-0.2, -0.15) is 0 Å². The minimum Gasteiger partial charge on any atom is -0.404 e. The zero-order valence-electron chi connectivity index (χ0n) is 13.2. The molecule has 0 atom stereocenters. The fourth-order valence-corrected chi connectivity index (χ4v) is 2.66. The Morgan fingerprint density at radius 2 is 1.68 bits per heavy atom. The number of alkyl halides is 3. The van der Waals surface area contributed by atoms with Gasteiger partial charge in [0.05, 0.1) is 6.20 Å². The molecule has 1 aromatic heterocycles. The number of piperazine rings is 1. The van der Waals surface area contributed by atoms with Crippen molar-refractivity contribution in [3.8, 4) is 5.75 Å². The third-order valence-corrected chi connectivity index (χ3v) is 3.87. The highest BCUT2D eigenvalue weighted by molar-refractivity contribution is 5.94. The normalized spacial score (nSPS) is 15.2. The summed E-state index contributed by atoms with van der Waals surface area (Å²) in [6.07, 6.45) is -3.68. The lowest BCUT2D eigenvalue weighted by Gasteiger charge is -2.35. The maximum atomic E-state index is 12.4. The van der Waals surface area contributed by atoms with Crippen LogP contribution in [-0.2, 0) is 0 Å². The van der Waals surface area contributed by atoms with Crippen molar-refractivity contribution in [3.05, 3.63) is 54.2 Å². The van der Waals surface area contributed by atoms with E-state index in [1.165, 1.54) is 12.1 Å². The molecule has 1 amide bonds. The Hall–Kier alpha value is -2.77. The van der Waals surface area contributed by atoms with E-state index < -0.39 is 6.36 Å². The fraction of sp³-hybridized carbons (Fsp3) is 0.294. The van der Waals surface area contributed by atoms with Gasteiger partial charge in [0.25, 0.3) is 5.91 Å². The van der Waals surface area contributed by atoms with Gasteiger partial charge in [0.15, 0.2) is 0 Å². The second-order valence-corrected chi connectivity index (χ2v) is 5.55. The first kappa shape index (κ1) is 17.1. The number of nitrogens with zero attached hydrogens (tertiary/aromatic N) is 3. The molecule has 1 aliphatic heterocycles. The highest BCUT2D eigenvalue weighted by Gasteiger charge is 2.31. The number of amides is 1. The van der Waals surface area contributed by atoms with Crippen molar-refractivity contribution in [2.45, 2.75) is 6.36 Å². The van der Waals surface area contributed by atoms with E-state index >= 15 is 0 Å². The molecule has 1 aliphatic rings. The maximum Gasteiger partial charge on any atom is 0.573 e. The molecule has 0 radical (unpaired) electrons. The minimum absolute atomic E-state index is 0.0258. The zero-order valence-corrected chi connectivity index (χ0v) is 13.2. The fourth-order valence-electron chi connectivity index (χ4n) is 2.66. The topological polar surface area (TPSA) is 45.7 Å². The Labute approximate surface area is 142 Å². The van der Waals surface area contributed by atoms with Gasteiger partial charge in [-0.3, -0.25) is 4.79 Å². The molecule has 0 spiro atoms. The van der Waals surface area contributed by atoms with Crippen molar-refractivity contribution >= 4 is 11.7 Å². The van der Waals surface area contributed by atoms with Gasteiger partial charge in [-0.1, -0.05) is 18.2 Å². The number of anilines is 1. The Kier molecular flexibility index (Phi) is 4.78. The number of halogens is 3. The number of hydrogen-bond acceptors (Lipinski definition) is 4.